The van der Waals surface area contributed by atoms with E-state index in [-0.39, 0.29) is 6.03 Å². The van der Waals surface area contributed by atoms with Crippen LogP contribution in [0.4, 0.5) is 16.2 Å². The molecule has 0 saturated carbocycles. The minimum absolute atomic E-state index is 0.224. The van der Waals surface area contributed by atoms with Gasteiger partial charge in [0.2, 0.25) is 0 Å². The van der Waals surface area contributed by atoms with Crippen LogP contribution in [0.1, 0.15) is 39.0 Å². The number of carbonyl (C=O) groups excluding carboxylic acids is 1. The fourth-order valence-corrected chi connectivity index (χ4v) is 3.39. The average molecular weight is 428 g/mol. The molecular formula is C24H33N3O4. The second-order valence-electron chi connectivity index (χ2n) is 7.60. The highest BCUT2D eigenvalue weighted by atomic mass is 16.5. The van der Waals surface area contributed by atoms with E-state index in [0.29, 0.717) is 35.6 Å². The first-order valence-corrected chi connectivity index (χ1v) is 11.0. The van der Waals surface area contributed by atoms with Gasteiger partial charge >= 0.3 is 6.03 Å². The lowest BCUT2D eigenvalue weighted by atomic mass is 10.2. The van der Waals surface area contributed by atoms with Crippen LogP contribution >= 0.6 is 0 Å². The van der Waals surface area contributed by atoms with Gasteiger partial charge in [0.1, 0.15) is 5.75 Å². The van der Waals surface area contributed by atoms with E-state index in [0.717, 1.165) is 50.9 Å². The van der Waals surface area contributed by atoms with Crippen molar-refractivity contribution in [2.45, 2.75) is 45.1 Å². The van der Waals surface area contributed by atoms with Gasteiger partial charge in [0.25, 0.3) is 0 Å². The van der Waals surface area contributed by atoms with Crippen LogP contribution in [0.3, 0.4) is 0 Å². The number of amides is 2. The molecule has 1 aliphatic heterocycles. The molecule has 0 aliphatic carbocycles. The van der Waals surface area contributed by atoms with Crippen molar-refractivity contribution in [3.63, 3.8) is 0 Å². The van der Waals surface area contributed by atoms with Gasteiger partial charge in [0, 0.05) is 37.1 Å². The van der Waals surface area contributed by atoms with E-state index in [1.807, 2.05) is 24.3 Å². The van der Waals surface area contributed by atoms with Crippen molar-refractivity contribution in [1.82, 2.24) is 5.32 Å². The summed E-state index contributed by atoms with van der Waals surface area (Å²) < 4.78 is 17.1. The molecule has 0 radical (unpaired) electrons. The maximum atomic E-state index is 12.0. The zero-order valence-corrected chi connectivity index (χ0v) is 18.4. The second-order valence-corrected chi connectivity index (χ2v) is 7.60. The molecule has 1 saturated heterocycles. The summed E-state index contributed by atoms with van der Waals surface area (Å²) in [6.07, 6.45) is 5.75. The van der Waals surface area contributed by atoms with Crippen LogP contribution in [0.5, 0.6) is 17.2 Å². The number of nitrogens with one attached hydrogen (secondary N) is 3. The maximum absolute atomic E-state index is 12.0. The topological polar surface area (TPSA) is 80.9 Å². The summed E-state index contributed by atoms with van der Waals surface area (Å²) in [6.45, 7) is 4.47. The van der Waals surface area contributed by atoms with Crippen LogP contribution < -0.4 is 25.4 Å². The van der Waals surface area contributed by atoms with Crippen LogP contribution in [0.15, 0.2) is 42.5 Å². The third-order valence-corrected chi connectivity index (χ3v) is 5.13. The van der Waals surface area contributed by atoms with Gasteiger partial charge in [-0.1, -0.05) is 19.8 Å². The van der Waals surface area contributed by atoms with Crippen LogP contribution in [-0.2, 0) is 4.74 Å². The summed E-state index contributed by atoms with van der Waals surface area (Å²) in [7, 11) is 1.58. The maximum Gasteiger partial charge on any atom is 0.319 e. The van der Waals surface area contributed by atoms with Crippen molar-refractivity contribution >= 4 is 17.4 Å². The van der Waals surface area contributed by atoms with Crippen LogP contribution in [0, 0.1) is 0 Å². The quantitative estimate of drug-likeness (QED) is 0.419. The second kappa shape index (κ2) is 12.1. The van der Waals surface area contributed by atoms with Gasteiger partial charge in [-0.05, 0) is 55.7 Å². The van der Waals surface area contributed by atoms with Crippen molar-refractivity contribution in [1.29, 1.82) is 0 Å². The molecular weight excluding hydrogens is 394 g/mol. The molecule has 0 bridgehead atoms. The van der Waals surface area contributed by atoms with Crippen LogP contribution in [0.2, 0.25) is 0 Å². The number of hydrogen-bond donors (Lipinski definition) is 3. The largest absolute Gasteiger partial charge is 0.493 e. The molecule has 1 unspecified atom stereocenters. The predicted octanol–water partition coefficient (Wildman–Crippen LogP) is 5.39. The number of carbonyl (C=O) groups is 1. The van der Waals surface area contributed by atoms with Gasteiger partial charge < -0.3 is 30.2 Å². The van der Waals surface area contributed by atoms with E-state index in [9.17, 15) is 4.79 Å². The summed E-state index contributed by atoms with van der Waals surface area (Å²) in [5, 5.41) is 9.08. The highest BCUT2D eigenvalue weighted by Crippen LogP contribution is 2.34. The Morgan fingerprint density at radius 3 is 2.61 bits per heavy atom. The number of urea groups is 1. The molecule has 3 N–H and O–H groups in total. The number of anilines is 2. The first kappa shape index (κ1) is 22.7. The third-order valence-electron chi connectivity index (χ3n) is 5.13. The lowest BCUT2D eigenvalue weighted by Crippen LogP contribution is -2.29. The van der Waals surface area contributed by atoms with E-state index in [4.69, 9.17) is 14.2 Å². The molecule has 168 valence electrons. The fraction of sp³-hybridized carbons (Fsp3) is 0.458. The summed E-state index contributed by atoms with van der Waals surface area (Å²) in [4.78, 5) is 12.0. The highest BCUT2D eigenvalue weighted by Gasteiger charge is 2.15. The first-order chi connectivity index (χ1) is 15.2. The summed E-state index contributed by atoms with van der Waals surface area (Å²) in [5.41, 5.74) is 1.67. The Labute approximate surface area is 184 Å². The van der Waals surface area contributed by atoms with Crippen molar-refractivity contribution in [2.24, 2.45) is 0 Å². The molecule has 0 spiro atoms. The standard InChI is InChI=1S/C24H33N3O4/c1-3-4-5-14-25-24(28)27-19-10-13-22(23(16-19)29-2)31-20-11-8-18(9-12-20)26-17-21-7-6-15-30-21/h8-13,16,21,26H,3-7,14-15,17H2,1-2H3,(H2,25,27,28). The third kappa shape index (κ3) is 7.36. The molecule has 2 aromatic carbocycles. The van der Waals surface area contributed by atoms with Crippen LogP contribution in [-0.4, -0.2) is 38.9 Å². The van der Waals surface area contributed by atoms with Gasteiger partial charge in [-0.3, -0.25) is 0 Å². The van der Waals surface area contributed by atoms with Gasteiger partial charge in [0.05, 0.1) is 13.2 Å². The Hall–Kier alpha value is -2.93. The van der Waals surface area contributed by atoms with E-state index in [1.54, 1.807) is 25.3 Å². The molecule has 3 rings (SSSR count). The molecule has 1 aliphatic rings. The van der Waals surface area contributed by atoms with Crippen LogP contribution in [0.25, 0.3) is 0 Å². The van der Waals surface area contributed by atoms with Crippen molar-refractivity contribution < 1.29 is 19.0 Å². The Morgan fingerprint density at radius 2 is 1.90 bits per heavy atom. The summed E-state index contributed by atoms with van der Waals surface area (Å²) in [5.74, 6) is 1.83. The Morgan fingerprint density at radius 1 is 1.10 bits per heavy atom. The first-order valence-electron chi connectivity index (χ1n) is 11.0. The predicted molar refractivity (Wildman–Crippen MR) is 124 cm³/mol. The average Bonchev–Trinajstić information content (AvgIpc) is 3.31. The van der Waals surface area contributed by atoms with E-state index in [1.165, 1.54) is 0 Å². The zero-order valence-electron chi connectivity index (χ0n) is 18.4. The van der Waals surface area contributed by atoms with Crippen molar-refractivity contribution in [3.05, 3.63) is 42.5 Å². The SMILES string of the molecule is CCCCCNC(=O)Nc1ccc(Oc2ccc(NCC3CCCO3)cc2)c(OC)c1. The lowest BCUT2D eigenvalue weighted by molar-refractivity contribution is 0.120. The van der Waals surface area contributed by atoms with Crippen molar-refractivity contribution in [2.75, 3.05) is 37.4 Å². The number of methoxy groups -OCH3 is 1. The molecule has 31 heavy (non-hydrogen) atoms. The van der Waals surface area contributed by atoms with E-state index >= 15 is 0 Å². The Kier molecular flexibility index (Phi) is 8.84. The number of unbranched alkanes of at least 4 members (excludes halogenated alkanes) is 2. The van der Waals surface area contributed by atoms with E-state index < -0.39 is 0 Å². The number of hydrogen-bond acceptors (Lipinski definition) is 5. The lowest BCUT2D eigenvalue weighted by Gasteiger charge is -2.14. The fourth-order valence-electron chi connectivity index (χ4n) is 3.39. The molecule has 2 amide bonds. The van der Waals surface area contributed by atoms with Crippen molar-refractivity contribution in [3.8, 4) is 17.2 Å². The Balaban J connectivity index is 1.52. The number of ether oxygens (including phenoxy) is 3. The molecule has 0 aromatic heterocycles. The Bertz CT molecular complexity index is 820. The number of rotatable bonds is 11. The number of benzene rings is 2. The summed E-state index contributed by atoms with van der Waals surface area (Å²) in [6, 6.07) is 12.9. The molecule has 1 heterocycles. The molecule has 1 atom stereocenters. The van der Waals surface area contributed by atoms with Gasteiger partial charge in [-0.15, -0.1) is 0 Å². The molecule has 2 aromatic rings. The smallest absolute Gasteiger partial charge is 0.319 e. The minimum atomic E-state index is -0.224. The van der Waals surface area contributed by atoms with Gasteiger partial charge in [0.15, 0.2) is 11.5 Å². The zero-order chi connectivity index (χ0) is 21.9. The van der Waals surface area contributed by atoms with E-state index in [2.05, 4.69) is 22.9 Å². The van der Waals surface area contributed by atoms with Gasteiger partial charge in [-0.25, -0.2) is 4.79 Å². The minimum Gasteiger partial charge on any atom is -0.493 e. The monoisotopic (exact) mass is 427 g/mol. The molecule has 1 fully saturated rings. The summed E-state index contributed by atoms with van der Waals surface area (Å²) >= 11 is 0. The highest BCUT2D eigenvalue weighted by molar-refractivity contribution is 5.89. The molecule has 7 nitrogen and oxygen atoms in total. The molecule has 7 heteroatoms. The van der Waals surface area contributed by atoms with Gasteiger partial charge in [-0.2, -0.15) is 0 Å². The normalized spacial score (nSPS) is 15.4.